The molecule has 1 saturated heterocycles. The lowest BCUT2D eigenvalue weighted by atomic mass is 9.88. The highest BCUT2D eigenvalue weighted by Gasteiger charge is 2.35. The second kappa shape index (κ2) is 9.79. The van der Waals surface area contributed by atoms with Crippen LogP contribution >= 0.6 is 24.0 Å². The molecular formula is C19H31IN4O3. The Morgan fingerprint density at radius 1 is 1.15 bits per heavy atom. The van der Waals surface area contributed by atoms with E-state index < -0.39 is 0 Å². The molecule has 0 aromatic heterocycles. The van der Waals surface area contributed by atoms with E-state index in [1.807, 2.05) is 26.2 Å². The number of fused-ring (bicyclic) bond motifs is 1. The van der Waals surface area contributed by atoms with Crippen LogP contribution < -0.4 is 14.8 Å². The van der Waals surface area contributed by atoms with E-state index in [1.54, 1.807) is 0 Å². The Morgan fingerprint density at radius 3 is 2.52 bits per heavy atom. The number of rotatable bonds is 5. The number of halogens is 1. The molecule has 0 bridgehead atoms. The van der Waals surface area contributed by atoms with Gasteiger partial charge in [-0.1, -0.05) is 6.07 Å². The van der Waals surface area contributed by atoms with Gasteiger partial charge in [0, 0.05) is 45.9 Å². The molecule has 3 rings (SSSR count). The highest BCUT2D eigenvalue weighted by molar-refractivity contribution is 14.0. The quantitative estimate of drug-likeness (QED) is 0.388. The van der Waals surface area contributed by atoms with Crippen LogP contribution in [0, 0.1) is 0 Å². The number of ether oxygens (including phenoxy) is 3. The molecule has 2 aliphatic rings. The van der Waals surface area contributed by atoms with Crippen molar-refractivity contribution in [3.05, 3.63) is 23.8 Å². The van der Waals surface area contributed by atoms with E-state index in [2.05, 4.69) is 40.3 Å². The third kappa shape index (κ3) is 5.17. The first-order chi connectivity index (χ1) is 12.5. The second-order valence-corrected chi connectivity index (χ2v) is 7.18. The Morgan fingerprint density at radius 2 is 1.85 bits per heavy atom. The van der Waals surface area contributed by atoms with Gasteiger partial charge in [0.15, 0.2) is 17.5 Å². The molecule has 0 atom stereocenters. The molecule has 1 aromatic carbocycles. The summed E-state index contributed by atoms with van der Waals surface area (Å²) in [4.78, 5) is 8.90. The minimum atomic E-state index is 0. The zero-order chi connectivity index (χ0) is 18.6. The lowest BCUT2D eigenvalue weighted by Crippen LogP contribution is -2.57. The van der Waals surface area contributed by atoms with Gasteiger partial charge in [-0.25, -0.2) is 0 Å². The number of nitrogens with zero attached hydrogens (tertiary/aromatic N) is 3. The minimum Gasteiger partial charge on any atom is -0.454 e. The van der Waals surface area contributed by atoms with Crippen LogP contribution in [0.15, 0.2) is 23.2 Å². The van der Waals surface area contributed by atoms with Crippen LogP contribution in [0.4, 0.5) is 0 Å². The maximum absolute atomic E-state index is 5.55. The summed E-state index contributed by atoms with van der Waals surface area (Å²) in [5.41, 5.74) is 1.27. The predicted octanol–water partition coefficient (Wildman–Crippen LogP) is 2.15. The fourth-order valence-electron chi connectivity index (χ4n) is 3.55. The minimum absolute atomic E-state index is 0. The highest BCUT2D eigenvalue weighted by atomic mass is 127. The molecule has 1 fully saturated rings. The van der Waals surface area contributed by atoms with E-state index in [1.165, 1.54) is 0 Å². The fourth-order valence-corrected chi connectivity index (χ4v) is 3.55. The third-order valence-corrected chi connectivity index (χ3v) is 5.38. The lowest BCUT2D eigenvalue weighted by Gasteiger charge is -2.43. The molecule has 152 valence electrons. The van der Waals surface area contributed by atoms with Gasteiger partial charge in [-0.3, -0.25) is 4.99 Å². The van der Waals surface area contributed by atoms with Crippen molar-refractivity contribution in [2.75, 3.05) is 54.7 Å². The standard InChI is InChI=1S/C19H30N4O3.HI/c1-20-18(21-13-19(22(2)3)7-9-24-10-8-19)23(4)12-15-5-6-16-17(11-15)26-14-25-16;/h5-6,11H,7-10,12-14H2,1-4H3,(H,20,21);1H. The monoisotopic (exact) mass is 490 g/mol. The third-order valence-electron chi connectivity index (χ3n) is 5.38. The first-order valence-electron chi connectivity index (χ1n) is 9.09. The summed E-state index contributed by atoms with van der Waals surface area (Å²) in [5, 5.41) is 3.56. The molecule has 0 unspecified atom stereocenters. The van der Waals surface area contributed by atoms with Crippen LogP contribution in [-0.2, 0) is 11.3 Å². The molecule has 0 amide bonds. The molecule has 0 saturated carbocycles. The number of hydrogen-bond donors (Lipinski definition) is 1. The zero-order valence-corrected chi connectivity index (χ0v) is 19.0. The molecule has 0 aliphatic carbocycles. The Labute approximate surface area is 179 Å². The topological polar surface area (TPSA) is 58.6 Å². The van der Waals surface area contributed by atoms with Gasteiger partial charge in [0.25, 0.3) is 0 Å². The summed E-state index contributed by atoms with van der Waals surface area (Å²) in [6, 6.07) is 6.06. The van der Waals surface area contributed by atoms with Crippen LogP contribution in [0.5, 0.6) is 11.5 Å². The predicted molar refractivity (Wildman–Crippen MR) is 117 cm³/mol. The van der Waals surface area contributed by atoms with Gasteiger partial charge < -0.3 is 29.3 Å². The smallest absolute Gasteiger partial charge is 0.231 e. The van der Waals surface area contributed by atoms with Crippen molar-refractivity contribution in [3.63, 3.8) is 0 Å². The Hall–Kier alpha value is -1.26. The molecule has 1 N–H and O–H groups in total. The number of hydrogen-bond acceptors (Lipinski definition) is 5. The molecule has 0 spiro atoms. The average molecular weight is 490 g/mol. The average Bonchev–Trinajstić information content (AvgIpc) is 3.10. The van der Waals surface area contributed by atoms with Crippen molar-refractivity contribution in [2.24, 2.45) is 4.99 Å². The first-order valence-corrected chi connectivity index (χ1v) is 9.09. The van der Waals surface area contributed by atoms with Crippen molar-refractivity contribution in [1.82, 2.24) is 15.1 Å². The van der Waals surface area contributed by atoms with Crippen molar-refractivity contribution in [3.8, 4) is 11.5 Å². The van der Waals surface area contributed by atoms with Gasteiger partial charge in [-0.05, 0) is 44.6 Å². The second-order valence-electron chi connectivity index (χ2n) is 7.18. The normalized spacial score (nSPS) is 18.2. The maximum Gasteiger partial charge on any atom is 0.231 e. The summed E-state index contributed by atoms with van der Waals surface area (Å²) in [5.74, 6) is 2.51. The van der Waals surface area contributed by atoms with E-state index in [9.17, 15) is 0 Å². The van der Waals surface area contributed by atoms with Crippen LogP contribution in [-0.4, -0.2) is 76.0 Å². The Balaban J connectivity index is 0.00000261. The van der Waals surface area contributed by atoms with E-state index in [0.717, 1.165) is 62.2 Å². The maximum atomic E-state index is 5.55. The van der Waals surface area contributed by atoms with Gasteiger partial charge >= 0.3 is 0 Å². The van der Waals surface area contributed by atoms with Gasteiger partial charge in [-0.2, -0.15) is 0 Å². The zero-order valence-electron chi connectivity index (χ0n) is 16.7. The van der Waals surface area contributed by atoms with Gasteiger partial charge in [0.05, 0.1) is 0 Å². The van der Waals surface area contributed by atoms with Gasteiger partial charge in [0.1, 0.15) is 0 Å². The van der Waals surface area contributed by atoms with E-state index in [4.69, 9.17) is 14.2 Å². The summed E-state index contributed by atoms with van der Waals surface area (Å²) in [6.45, 7) is 3.51. The van der Waals surface area contributed by atoms with Crippen LogP contribution in [0.2, 0.25) is 0 Å². The summed E-state index contributed by atoms with van der Waals surface area (Å²) in [6.07, 6.45) is 2.05. The Kier molecular flexibility index (Phi) is 7.99. The summed E-state index contributed by atoms with van der Waals surface area (Å²) >= 11 is 0. The van der Waals surface area contributed by atoms with Crippen molar-refractivity contribution in [2.45, 2.75) is 24.9 Å². The Bertz CT molecular complexity index is 648. The molecule has 7 nitrogen and oxygen atoms in total. The molecule has 2 aliphatic heterocycles. The highest BCUT2D eigenvalue weighted by Crippen LogP contribution is 2.32. The number of aliphatic imine (C=N–C) groups is 1. The number of benzene rings is 1. The molecule has 1 aromatic rings. The number of nitrogens with one attached hydrogen (secondary N) is 1. The fraction of sp³-hybridized carbons (Fsp3) is 0.632. The van der Waals surface area contributed by atoms with Crippen molar-refractivity contribution in [1.29, 1.82) is 0 Å². The molecule has 27 heavy (non-hydrogen) atoms. The first kappa shape index (κ1) is 22.0. The SMILES string of the molecule is CN=C(NCC1(N(C)C)CCOCC1)N(C)Cc1ccc2c(c1)OCO2.I. The number of guanidine groups is 1. The van der Waals surface area contributed by atoms with Crippen molar-refractivity contribution < 1.29 is 14.2 Å². The van der Waals surface area contributed by atoms with Gasteiger partial charge in [-0.15, -0.1) is 24.0 Å². The molecule has 0 radical (unpaired) electrons. The summed E-state index contributed by atoms with van der Waals surface area (Å²) in [7, 11) is 8.16. The van der Waals surface area contributed by atoms with Crippen LogP contribution in [0.1, 0.15) is 18.4 Å². The van der Waals surface area contributed by atoms with Crippen molar-refractivity contribution >= 4 is 29.9 Å². The molecular weight excluding hydrogens is 459 g/mol. The lowest BCUT2D eigenvalue weighted by molar-refractivity contribution is -0.00522. The number of likely N-dealkylation sites (N-methyl/N-ethyl adjacent to an activating group) is 1. The van der Waals surface area contributed by atoms with Gasteiger partial charge in [0.2, 0.25) is 6.79 Å². The largest absolute Gasteiger partial charge is 0.454 e. The van der Waals surface area contributed by atoms with Crippen LogP contribution in [0.3, 0.4) is 0 Å². The molecule has 8 heteroatoms. The summed E-state index contributed by atoms with van der Waals surface area (Å²) < 4.78 is 16.4. The van der Waals surface area contributed by atoms with E-state index >= 15 is 0 Å². The molecule has 2 heterocycles. The van der Waals surface area contributed by atoms with Crippen LogP contribution in [0.25, 0.3) is 0 Å². The van der Waals surface area contributed by atoms with E-state index in [-0.39, 0.29) is 29.5 Å². The van der Waals surface area contributed by atoms with E-state index in [0.29, 0.717) is 6.79 Å².